The topological polar surface area (TPSA) is 50.3 Å². The summed E-state index contributed by atoms with van der Waals surface area (Å²) >= 11 is 1.84. The molecule has 0 bridgehead atoms. The largest absolute Gasteiger partial charge is 0.491 e. The number of piperazine rings is 1. The highest BCUT2D eigenvalue weighted by Gasteiger charge is 2.30. The summed E-state index contributed by atoms with van der Waals surface area (Å²) in [7, 11) is 1.67. The molecule has 3 heterocycles. The van der Waals surface area contributed by atoms with Gasteiger partial charge in [-0.3, -0.25) is 0 Å². The molecule has 2 atom stereocenters. The first-order valence-corrected chi connectivity index (χ1v) is 9.95. The number of benzene rings is 1. The van der Waals surface area contributed by atoms with Gasteiger partial charge in [-0.05, 0) is 42.2 Å². The van der Waals surface area contributed by atoms with Crippen LogP contribution >= 0.6 is 11.3 Å². The third-order valence-electron chi connectivity index (χ3n) is 5.27. The SMILES string of the molecule is COc1cncnc1N1CCNC(CCc2csc3ccccc23)C1C. The van der Waals surface area contributed by atoms with E-state index in [0.717, 1.165) is 37.5 Å². The third-order valence-corrected chi connectivity index (χ3v) is 6.28. The Kier molecular flexibility index (Phi) is 5.04. The van der Waals surface area contributed by atoms with Crippen LogP contribution in [-0.2, 0) is 6.42 Å². The van der Waals surface area contributed by atoms with Crippen LogP contribution in [0.1, 0.15) is 18.9 Å². The van der Waals surface area contributed by atoms with E-state index in [4.69, 9.17) is 4.74 Å². The molecule has 0 radical (unpaired) electrons. The second-order valence-corrected chi connectivity index (χ2v) is 7.62. The van der Waals surface area contributed by atoms with Crippen molar-refractivity contribution in [2.75, 3.05) is 25.1 Å². The Balaban J connectivity index is 1.49. The summed E-state index contributed by atoms with van der Waals surface area (Å²) in [4.78, 5) is 10.9. The van der Waals surface area contributed by atoms with Gasteiger partial charge in [0.25, 0.3) is 0 Å². The molecule has 1 fully saturated rings. The minimum absolute atomic E-state index is 0.345. The van der Waals surface area contributed by atoms with Crippen molar-refractivity contribution in [3.05, 3.63) is 47.7 Å². The van der Waals surface area contributed by atoms with Crippen LogP contribution in [-0.4, -0.2) is 42.3 Å². The summed E-state index contributed by atoms with van der Waals surface area (Å²) in [5, 5.41) is 7.40. The molecule has 5 nitrogen and oxygen atoms in total. The molecule has 0 saturated carbocycles. The van der Waals surface area contributed by atoms with Gasteiger partial charge in [0.1, 0.15) is 6.33 Å². The van der Waals surface area contributed by atoms with Gasteiger partial charge in [0.15, 0.2) is 11.6 Å². The smallest absolute Gasteiger partial charge is 0.179 e. The maximum atomic E-state index is 5.46. The van der Waals surface area contributed by atoms with Crippen LogP contribution in [0.3, 0.4) is 0 Å². The molecule has 0 amide bonds. The van der Waals surface area contributed by atoms with Gasteiger partial charge in [-0.25, -0.2) is 9.97 Å². The molecule has 136 valence electrons. The van der Waals surface area contributed by atoms with Crippen LogP contribution in [0.4, 0.5) is 5.82 Å². The number of hydrogen-bond acceptors (Lipinski definition) is 6. The molecular weight excluding hydrogens is 344 g/mol. The van der Waals surface area contributed by atoms with Crippen LogP contribution < -0.4 is 15.0 Å². The summed E-state index contributed by atoms with van der Waals surface area (Å²) in [6.45, 7) is 4.14. The van der Waals surface area contributed by atoms with Gasteiger partial charge in [-0.2, -0.15) is 0 Å². The lowest BCUT2D eigenvalue weighted by Gasteiger charge is -2.41. The molecular formula is C20H24N4OS. The lowest BCUT2D eigenvalue weighted by atomic mass is 9.97. The fourth-order valence-corrected chi connectivity index (χ4v) is 4.81. The van der Waals surface area contributed by atoms with Crippen molar-refractivity contribution >= 4 is 27.2 Å². The van der Waals surface area contributed by atoms with E-state index in [-0.39, 0.29) is 0 Å². The van der Waals surface area contributed by atoms with E-state index in [1.807, 2.05) is 11.3 Å². The Labute approximate surface area is 158 Å². The predicted molar refractivity (Wildman–Crippen MR) is 107 cm³/mol. The van der Waals surface area contributed by atoms with E-state index >= 15 is 0 Å². The number of nitrogens with one attached hydrogen (secondary N) is 1. The van der Waals surface area contributed by atoms with E-state index < -0.39 is 0 Å². The Hall–Kier alpha value is -2.18. The number of methoxy groups -OCH3 is 1. The fraction of sp³-hybridized carbons (Fsp3) is 0.400. The monoisotopic (exact) mass is 368 g/mol. The number of ether oxygens (including phenoxy) is 1. The van der Waals surface area contributed by atoms with Crippen molar-refractivity contribution in [2.45, 2.75) is 31.8 Å². The van der Waals surface area contributed by atoms with Gasteiger partial charge in [-0.1, -0.05) is 18.2 Å². The summed E-state index contributed by atoms with van der Waals surface area (Å²) in [6.07, 6.45) is 5.52. The molecule has 3 aromatic rings. The number of aromatic nitrogens is 2. The third kappa shape index (κ3) is 3.27. The van der Waals surface area contributed by atoms with Crippen molar-refractivity contribution < 1.29 is 4.74 Å². The van der Waals surface area contributed by atoms with E-state index in [1.54, 1.807) is 19.6 Å². The Morgan fingerprint density at radius 2 is 2.23 bits per heavy atom. The van der Waals surface area contributed by atoms with Crippen molar-refractivity contribution in [1.29, 1.82) is 0 Å². The molecule has 2 aromatic heterocycles. The Morgan fingerprint density at radius 3 is 3.12 bits per heavy atom. The van der Waals surface area contributed by atoms with E-state index in [9.17, 15) is 0 Å². The molecule has 1 N–H and O–H groups in total. The molecule has 1 aliphatic heterocycles. The highest BCUT2D eigenvalue weighted by atomic mass is 32.1. The molecule has 26 heavy (non-hydrogen) atoms. The highest BCUT2D eigenvalue weighted by Crippen LogP contribution is 2.30. The van der Waals surface area contributed by atoms with Gasteiger partial charge < -0.3 is 15.0 Å². The summed E-state index contributed by atoms with van der Waals surface area (Å²) in [5.41, 5.74) is 1.45. The van der Waals surface area contributed by atoms with Crippen LogP contribution in [0.2, 0.25) is 0 Å². The normalized spacial score (nSPS) is 20.5. The van der Waals surface area contributed by atoms with Crippen molar-refractivity contribution in [3.8, 4) is 5.75 Å². The highest BCUT2D eigenvalue weighted by molar-refractivity contribution is 7.17. The maximum Gasteiger partial charge on any atom is 0.179 e. The predicted octanol–water partition coefficient (Wildman–Crippen LogP) is 3.50. The van der Waals surface area contributed by atoms with Crippen LogP contribution in [0, 0.1) is 0 Å². The molecule has 1 aromatic carbocycles. The number of thiophene rings is 1. The van der Waals surface area contributed by atoms with Crippen LogP contribution in [0.5, 0.6) is 5.75 Å². The molecule has 1 aliphatic rings. The lowest BCUT2D eigenvalue weighted by Crippen LogP contribution is -2.57. The zero-order chi connectivity index (χ0) is 17.9. The minimum Gasteiger partial charge on any atom is -0.491 e. The van der Waals surface area contributed by atoms with Gasteiger partial charge in [0.05, 0.1) is 13.3 Å². The van der Waals surface area contributed by atoms with Gasteiger partial charge in [0.2, 0.25) is 0 Å². The Bertz CT molecular complexity index is 881. The van der Waals surface area contributed by atoms with Gasteiger partial charge >= 0.3 is 0 Å². The number of rotatable bonds is 5. The number of anilines is 1. The van der Waals surface area contributed by atoms with E-state index in [1.165, 1.54) is 15.6 Å². The number of hydrogen-bond donors (Lipinski definition) is 1. The molecule has 0 aliphatic carbocycles. The molecule has 6 heteroatoms. The first kappa shape index (κ1) is 17.2. The number of nitrogens with zero attached hydrogens (tertiary/aromatic N) is 3. The summed E-state index contributed by atoms with van der Waals surface area (Å²) in [6, 6.07) is 9.44. The van der Waals surface area contributed by atoms with E-state index in [0.29, 0.717) is 12.1 Å². The molecule has 2 unspecified atom stereocenters. The summed E-state index contributed by atoms with van der Waals surface area (Å²) in [5.74, 6) is 1.63. The molecule has 4 rings (SSSR count). The quantitative estimate of drug-likeness (QED) is 0.747. The average Bonchev–Trinajstić information content (AvgIpc) is 3.10. The Morgan fingerprint density at radius 1 is 1.35 bits per heavy atom. The van der Waals surface area contributed by atoms with Gasteiger partial charge in [-0.15, -0.1) is 11.3 Å². The average molecular weight is 369 g/mol. The van der Waals surface area contributed by atoms with Crippen molar-refractivity contribution in [3.63, 3.8) is 0 Å². The number of aryl methyl sites for hydroxylation is 1. The second kappa shape index (κ2) is 7.60. The molecule has 0 spiro atoms. The number of fused-ring (bicyclic) bond motifs is 1. The van der Waals surface area contributed by atoms with Gasteiger partial charge in [0, 0.05) is 29.9 Å². The summed E-state index contributed by atoms with van der Waals surface area (Å²) < 4.78 is 6.84. The lowest BCUT2D eigenvalue weighted by molar-refractivity contribution is 0.354. The molecule has 1 saturated heterocycles. The maximum absolute atomic E-state index is 5.46. The second-order valence-electron chi connectivity index (χ2n) is 6.71. The van der Waals surface area contributed by atoms with Crippen molar-refractivity contribution in [2.24, 2.45) is 0 Å². The van der Waals surface area contributed by atoms with E-state index in [2.05, 4.69) is 56.8 Å². The fourth-order valence-electron chi connectivity index (χ4n) is 3.81. The van der Waals surface area contributed by atoms with Crippen LogP contribution in [0.15, 0.2) is 42.2 Å². The standard InChI is InChI=1S/C20H24N4OS/c1-14-17(8-7-15-12-26-19-6-4-3-5-16(15)19)22-9-10-24(14)20-18(25-2)11-21-13-23-20/h3-6,11-14,17,22H,7-10H2,1-2H3. The van der Waals surface area contributed by atoms with Crippen molar-refractivity contribution in [1.82, 2.24) is 15.3 Å². The minimum atomic E-state index is 0.345. The zero-order valence-corrected chi connectivity index (χ0v) is 16.0. The first-order chi connectivity index (χ1) is 12.8. The first-order valence-electron chi connectivity index (χ1n) is 9.07. The van der Waals surface area contributed by atoms with Crippen LogP contribution in [0.25, 0.3) is 10.1 Å². The zero-order valence-electron chi connectivity index (χ0n) is 15.2.